The molecule has 148 valence electrons. The van der Waals surface area contributed by atoms with Gasteiger partial charge in [-0.15, -0.1) is 11.3 Å². The fourth-order valence-electron chi connectivity index (χ4n) is 3.22. The molecule has 0 bridgehead atoms. The van der Waals surface area contributed by atoms with E-state index in [0.717, 1.165) is 50.1 Å². The van der Waals surface area contributed by atoms with Crippen LogP contribution in [0.1, 0.15) is 63.5 Å². The summed E-state index contributed by atoms with van der Waals surface area (Å²) in [5.41, 5.74) is 0.0360. The van der Waals surface area contributed by atoms with E-state index in [2.05, 4.69) is 77.5 Å². The molecule has 0 amide bonds. The van der Waals surface area contributed by atoms with E-state index in [1.165, 1.54) is 4.88 Å². The summed E-state index contributed by atoms with van der Waals surface area (Å²) >= 11 is 1.80. The molecule has 1 atom stereocenters. The third kappa shape index (κ3) is 4.89. The standard InChI is InChI=1S/C20H32N6S/c1-6-21-19(22-13-20(4,5)16-8-7-11-27-16)23-15-9-10-17-24-18(14(2)3)25-26(17)12-15/h7-8,11,14-15H,6,9-10,12-13H2,1-5H3,(H2,21,22,23). The first-order valence-corrected chi connectivity index (χ1v) is 10.8. The van der Waals surface area contributed by atoms with Gasteiger partial charge >= 0.3 is 0 Å². The van der Waals surface area contributed by atoms with Gasteiger partial charge in [-0.2, -0.15) is 5.10 Å². The third-order valence-electron chi connectivity index (χ3n) is 4.90. The normalized spacial score (nSPS) is 17.9. The van der Waals surface area contributed by atoms with Gasteiger partial charge in [-0.25, -0.2) is 9.67 Å². The Hall–Kier alpha value is -1.89. The summed E-state index contributed by atoms with van der Waals surface area (Å²) in [5, 5.41) is 13.8. The maximum absolute atomic E-state index is 4.88. The van der Waals surface area contributed by atoms with Crippen molar-refractivity contribution in [2.24, 2.45) is 4.99 Å². The number of aliphatic imine (C=N–C) groups is 1. The number of fused-ring (bicyclic) bond motifs is 1. The molecule has 0 fully saturated rings. The average molecular weight is 389 g/mol. The summed E-state index contributed by atoms with van der Waals surface area (Å²) < 4.78 is 2.07. The van der Waals surface area contributed by atoms with Crippen molar-refractivity contribution in [3.05, 3.63) is 34.0 Å². The molecule has 27 heavy (non-hydrogen) atoms. The Morgan fingerprint density at radius 3 is 2.93 bits per heavy atom. The molecular weight excluding hydrogens is 356 g/mol. The molecule has 0 spiro atoms. The lowest BCUT2D eigenvalue weighted by molar-refractivity contribution is 0.391. The lowest BCUT2D eigenvalue weighted by atomic mass is 9.92. The molecule has 0 aliphatic carbocycles. The van der Waals surface area contributed by atoms with Gasteiger partial charge in [-0.1, -0.05) is 33.8 Å². The van der Waals surface area contributed by atoms with Crippen molar-refractivity contribution in [3.8, 4) is 0 Å². The molecular formula is C20H32N6S. The minimum absolute atomic E-state index is 0.0360. The van der Waals surface area contributed by atoms with E-state index in [4.69, 9.17) is 4.99 Å². The quantitative estimate of drug-likeness (QED) is 0.588. The molecule has 0 saturated carbocycles. The number of hydrogen-bond donors (Lipinski definition) is 2. The van der Waals surface area contributed by atoms with Gasteiger partial charge in [0.2, 0.25) is 0 Å². The zero-order valence-corrected chi connectivity index (χ0v) is 17.9. The van der Waals surface area contributed by atoms with Crippen molar-refractivity contribution in [1.82, 2.24) is 25.4 Å². The summed E-state index contributed by atoms with van der Waals surface area (Å²) in [6.07, 6.45) is 2.01. The summed E-state index contributed by atoms with van der Waals surface area (Å²) in [7, 11) is 0. The number of aromatic nitrogens is 3. The maximum atomic E-state index is 4.88. The molecule has 1 aliphatic rings. The van der Waals surface area contributed by atoms with Crippen LogP contribution in [0.3, 0.4) is 0 Å². The zero-order chi connectivity index (χ0) is 19.4. The lowest BCUT2D eigenvalue weighted by Gasteiger charge is -2.26. The van der Waals surface area contributed by atoms with Crippen molar-refractivity contribution in [3.63, 3.8) is 0 Å². The number of nitrogens with one attached hydrogen (secondary N) is 2. The predicted molar refractivity (Wildman–Crippen MR) is 113 cm³/mol. The molecule has 3 rings (SSSR count). The highest BCUT2D eigenvalue weighted by atomic mass is 32.1. The summed E-state index contributed by atoms with van der Waals surface area (Å²) in [6, 6.07) is 4.63. The molecule has 0 saturated heterocycles. The number of thiophene rings is 1. The van der Waals surface area contributed by atoms with Gasteiger partial charge in [-0.05, 0) is 24.8 Å². The molecule has 7 heteroatoms. The SMILES string of the molecule is CCNC(=NCC(C)(C)c1cccs1)NC1CCc2nc(C(C)C)nn2C1. The van der Waals surface area contributed by atoms with Gasteiger partial charge in [-0.3, -0.25) is 4.99 Å². The van der Waals surface area contributed by atoms with Gasteiger partial charge in [0.1, 0.15) is 5.82 Å². The Morgan fingerprint density at radius 2 is 2.26 bits per heavy atom. The molecule has 0 radical (unpaired) electrons. The number of rotatable bonds is 6. The monoisotopic (exact) mass is 388 g/mol. The maximum Gasteiger partial charge on any atom is 0.191 e. The van der Waals surface area contributed by atoms with E-state index < -0.39 is 0 Å². The third-order valence-corrected chi connectivity index (χ3v) is 6.13. The average Bonchev–Trinajstić information content (AvgIpc) is 3.29. The smallest absolute Gasteiger partial charge is 0.191 e. The molecule has 2 N–H and O–H groups in total. The zero-order valence-electron chi connectivity index (χ0n) is 17.1. The van der Waals surface area contributed by atoms with Crippen LogP contribution < -0.4 is 10.6 Å². The van der Waals surface area contributed by atoms with Crippen molar-refractivity contribution >= 4 is 17.3 Å². The summed E-state index contributed by atoms with van der Waals surface area (Å²) in [6.45, 7) is 13.3. The number of hydrogen-bond acceptors (Lipinski definition) is 4. The van der Waals surface area contributed by atoms with Gasteiger partial charge in [0.05, 0.1) is 13.1 Å². The van der Waals surface area contributed by atoms with Gasteiger partial charge in [0.15, 0.2) is 11.8 Å². The molecule has 6 nitrogen and oxygen atoms in total. The Balaban J connectivity index is 1.65. The molecule has 1 unspecified atom stereocenters. The highest BCUT2D eigenvalue weighted by molar-refractivity contribution is 7.10. The van der Waals surface area contributed by atoms with Crippen molar-refractivity contribution < 1.29 is 0 Å². The first-order chi connectivity index (χ1) is 12.9. The summed E-state index contributed by atoms with van der Waals surface area (Å²) in [4.78, 5) is 10.9. The fraction of sp³-hybridized carbons (Fsp3) is 0.650. The Morgan fingerprint density at radius 1 is 1.44 bits per heavy atom. The molecule has 2 aromatic rings. The van der Waals surface area contributed by atoms with Crippen LogP contribution >= 0.6 is 11.3 Å². The molecule has 3 heterocycles. The Bertz CT molecular complexity index is 760. The minimum Gasteiger partial charge on any atom is -0.357 e. The van der Waals surface area contributed by atoms with E-state index in [9.17, 15) is 0 Å². The number of aryl methyl sites for hydroxylation is 1. The van der Waals surface area contributed by atoms with Crippen LogP contribution in [-0.4, -0.2) is 39.9 Å². The second-order valence-corrected chi connectivity index (χ2v) is 9.11. The highest BCUT2D eigenvalue weighted by Gasteiger charge is 2.24. The summed E-state index contributed by atoms with van der Waals surface area (Å²) in [5.74, 6) is 3.31. The second kappa shape index (κ2) is 8.42. The van der Waals surface area contributed by atoms with Crippen LogP contribution in [0, 0.1) is 0 Å². The second-order valence-electron chi connectivity index (χ2n) is 8.16. The Kier molecular flexibility index (Phi) is 6.19. The van der Waals surface area contributed by atoms with E-state index in [-0.39, 0.29) is 5.41 Å². The lowest BCUT2D eigenvalue weighted by Crippen LogP contribution is -2.47. The van der Waals surface area contributed by atoms with Gasteiger partial charge < -0.3 is 10.6 Å². The molecule has 0 aromatic carbocycles. The van der Waals surface area contributed by atoms with Crippen LogP contribution in [0.15, 0.2) is 22.5 Å². The first-order valence-electron chi connectivity index (χ1n) is 9.91. The van der Waals surface area contributed by atoms with E-state index >= 15 is 0 Å². The van der Waals surface area contributed by atoms with Crippen molar-refractivity contribution in [1.29, 1.82) is 0 Å². The largest absolute Gasteiger partial charge is 0.357 e. The predicted octanol–water partition coefficient (Wildman–Crippen LogP) is 3.31. The first kappa shape index (κ1) is 19.9. The van der Waals surface area contributed by atoms with Crippen LogP contribution in [0.25, 0.3) is 0 Å². The fourth-order valence-corrected chi connectivity index (χ4v) is 4.07. The number of guanidine groups is 1. The van der Waals surface area contributed by atoms with Crippen LogP contribution in [0.2, 0.25) is 0 Å². The van der Waals surface area contributed by atoms with Crippen LogP contribution in [0.4, 0.5) is 0 Å². The Labute approximate surface area is 166 Å². The molecule has 1 aliphatic heterocycles. The van der Waals surface area contributed by atoms with E-state index in [0.29, 0.717) is 12.0 Å². The minimum atomic E-state index is 0.0360. The van der Waals surface area contributed by atoms with E-state index in [1.54, 1.807) is 11.3 Å². The van der Waals surface area contributed by atoms with Crippen molar-refractivity contribution in [2.75, 3.05) is 13.1 Å². The van der Waals surface area contributed by atoms with Crippen molar-refractivity contribution in [2.45, 2.75) is 71.4 Å². The van der Waals surface area contributed by atoms with Gasteiger partial charge in [0, 0.05) is 35.2 Å². The van der Waals surface area contributed by atoms with Crippen LogP contribution in [0.5, 0.6) is 0 Å². The van der Waals surface area contributed by atoms with Crippen LogP contribution in [-0.2, 0) is 18.4 Å². The highest BCUT2D eigenvalue weighted by Crippen LogP contribution is 2.27. The topological polar surface area (TPSA) is 67.1 Å². The molecule has 2 aromatic heterocycles. The van der Waals surface area contributed by atoms with E-state index in [1.807, 2.05) is 0 Å². The van der Waals surface area contributed by atoms with Gasteiger partial charge in [0.25, 0.3) is 0 Å². The number of nitrogens with zero attached hydrogens (tertiary/aromatic N) is 4.